The standard InChI is InChI=1S/C9H15N3O2/c1-4-11-7(13)5-12-8(14)9(2,3)6-10/h4-5H2,1-3H3,(H,11,13)(H,12,14). The summed E-state index contributed by atoms with van der Waals surface area (Å²) in [4.78, 5) is 22.2. The van der Waals surface area contributed by atoms with Gasteiger partial charge in [-0.05, 0) is 20.8 Å². The van der Waals surface area contributed by atoms with Crippen LogP contribution in [-0.2, 0) is 9.59 Å². The zero-order valence-electron chi connectivity index (χ0n) is 8.68. The van der Waals surface area contributed by atoms with Crippen LogP contribution in [0.5, 0.6) is 0 Å². The Morgan fingerprint density at radius 2 is 1.93 bits per heavy atom. The summed E-state index contributed by atoms with van der Waals surface area (Å²) in [6.07, 6.45) is 0. The number of nitrogens with one attached hydrogen (secondary N) is 2. The monoisotopic (exact) mass is 197 g/mol. The maximum atomic E-state index is 11.3. The second kappa shape index (κ2) is 5.22. The van der Waals surface area contributed by atoms with Gasteiger partial charge >= 0.3 is 0 Å². The lowest BCUT2D eigenvalue weighted by atomic mass is 9.95. The van der Waals surface area contributed by atoms with E-state index in [4.69, 9.17) is 5.26 Å². The Hall–Kier alpha value is -1.57. The highest BCUT2D eigenvalue weighted by atomic mass is 16.2. The van der Waals surface area contributed by atoms with Crippen molar-refractivity contribution >= 4 is 11.8 Å². The van der Waals surface area contributed by atoms with Gasteiger partial charge in [-0.15, -0.1) is 0 Å². The smallest absolute Gasteiger partial charge is 0.240 e. The molecule has 0 aliphatic carbocycles. The first-order valence-electron chi connectivity index (χ1n) is 4.40. The number of hydrogen-bond acceptors (Lipinski definition) is 3. The molecule has 0 saturated carbocycles. The highest BCUT2D eigenvalue weighted by molar-refractivity contribution is 5.88. The Bertz CT molecular complexity index is 266. The Kier molecular flexibility index (Phi) is 4.64. The van der Waals surface area contributed by atoms with Gasteiger partial charge in [0, 0.05) is 6.54 Å². The number of nitriles is 1. The summed E-state index contributed by atoms with van der Waals surface area (Å²) < 4.78 is 0. The van der Waals surface area contributed by atoms with E-state index in [1.807, 2.05) is 6.07 Å². The molecule has 5 nitrogen and oxygen atoms in total. The average molecular weight is 197 g/mol. The molecule has 0 fully saturated rings. The van der Waals surface area contributed by atoms with Crippen molar-refractivity contribution in [1.29, 1.82) is 5.26 Å². The van der Waals surface area contributed by atoms with Gasteiger partial charge in [-0.2, -0.15) is 5.26 Å². The van der Waals surface area contributed by atoms with Crippen LogP contribution in [0.2, 0.25) is 0 Å². The molecule has 14 heavy (non-hydrogen) atoms. The van der Waals surface area contributed by atoms with Gasteiger partial charge < -0.3 is 10.6 Å². The van der Waals surface area contributed by atoms with E-state index in [-0.39, 0.29) is 12.5 Å². The molecule has 0 unspecified atom stereocenters. The molecule has 2 amide bonds. The van der Waals surface area contributed by atoms with Crippen LogP contribution in [0.1, 0.15) is 20.8 Å². The molecular formula is C9H15N3O2. The van der Waals surface area contributed by atoms with E-state index in [9.17, 15) is 9.59 Å². The molecule has 0 heterocycles. The van der Waals surface area contributed by atoms with E-state index in [0.29, 0.717) is 6.54 Å². The number of hydrogen-bond donors (Lipinski definition) is 2. The molecule has 0 spiro atoms. The molecule has 0 aromatic carbocycles. The van der Waals surface area contributed by atoms with E-state index in [2.05, 4.69) is 10.6 Å². The van der Waals surface area contributed by atoms with Gasteiger partial charge in [0.25, 0.3) is 0 Å². The third kappa shape index (κ3) is 3.90. The zero-order valence-corrected chi connectivity index (χ0v) is 8.68. The number of nitrogens with zero attached hydrogens (tertiary/aromatic N) is 1. The van der Waals surface area contributed by atoms with Crippen molar-refractivity contribution < 1.29 is 9.59 Å². The van der Waals surface area contributed by atoms with Gasteiger partial charge in [0.15, 0.2) is 0 Å². The van der Waals surface area contributed by atoms with Crippen LogP contribution >= 0.6 is 0 Å². The second-order valence-corrected chi connectivity index (χ2v) is 3.37. The van der Waals surface area contributed by atoms with Gasteiger partial charge in [-0.1, -0.05) is 0 Å². The summed E-state index contributed by atoms with van der Waals surface area (Å²) in [5.41, 5.74) is -1.09. The van der Waals surface area contributed by atoms with Crippen molar-refractivity contribution in [2.45, 2.75) is 20.8 Å². The molecule has 0 aliphatic heterocycles. The lowest BCUT2D eigenvalue weighted by Gasteiger charge is -2.14. The van der Waals surface area contributed by atoms with Crippen LogP contribution in [-0.4, -0.2) is 24.9 Å². The number of carbonyl (C=O) groups excluding carboxylic acids is 2. The van der Waals surface area contributed by atoms with Crippen molar-refractivity contribution in [3.8, 4) is 6.07 Å². The van der Waals surface area contributed by atoms with Gasteiger partial charge in [0.05, 0.1) is 12.6 Å². The minimum absolute atomic E-state index is 0.0855. The number of carbonyl (C=O) groups is 2. The number of likely N-dealkylation sites (N-methyl/N-ethyl adjacent to an activating group) is 1. The fraction of sp³-hybridized carbons (Fsp3) is 0.667. The molecule has 0 rings (SSSR count). The summed E-state index contributed by atoms with van der Waals surface area (Å²) in [5, 5.41) is 13.5. The molecule has 0 atom stereocenters. The molecule has 0 bridgehead atoms. The third-order valence-electron chi connectivity index (χ3n) is 1.63. The van der Waals surface area contributed by atoms with Crippen LogP contribution in [0.3, 0.4) is 0 Å². The Morgan fingerprint density at radius 3 is 2.36 bits per heavy atom. The molecule has 0 aromatic rings. The van der Waals surface area contributed by atoms with E-state index < -0.39 is 11.3 Å². The second-order valence-electron chi connectivity index (χ2n) is 3.37. The topological polar surface area (TPSA) is 82.0 Å². The van der Waals surface area contributed by atoms with Crippen LogP contribution in [0.25, 0.3) is 0 Å². The van der Waals surface area contributed by atoms with Crippen LogP contribution < -0.4 is 10.6 Å². The van der Waals surface area contributed by atoms with Crippen molar-refractivity contribution in [1.82, 2.24) is 10.6 Å². The van der Waals surface area contributed by atoms with Crippen LogP contribution in [0.4, 0.5) is 0 Å². The Morgan fingerprint density at radius 1 is 1.36 bits per heavy atom. The van der Waals surface area contributed by atoms with Crippen molar-refractivity contribution in [3.05, 3.63) is 0 Å². The predicted molar refractivity (Wildman–Crippen MR) is 51.1 cm³/mol. The van der Waals surface area contributed by atoms with Gasteiger partial charge in [-0.25, -0.2) is 0 Å². The van der Waals surface area contributed by atoms with Gasteiger partial charge in [0.1, 0.15) is 5.41 Å². The molecule has 0 aromatic heterocycles. The summed E-state index contributed by atoms with van der Waals surface area (Å²) in [6, 6.07) is 1.85. The summed E-state index contributed by atoms with van der Waals surface area (Å²) in [7, 11) is 0. The van der Waals surface area contributed by atoms with Crippen LogP contribution in [0, 0.1) is 16.7 Å². The minimum atomic E-state index is -1.09. The number of rotatable bonds is 4. The van der Waals surface area contributed by atoms with Gasteiger partial charge in [0.2, 0.25) is 11.8 Å². The van der Waals surface area contributed by atoms with Crippen molar-refractivity contribution in [2.24, 2.45) is 5.41 Å². The average Bonchev–Trinajstić information content (AvgIpc) is 2.14. The van der Waals surface area contributed by atoms with Crippen molar-refractivity contribution in [2.75, 3.05) is 13.1 Å². The zero-order chi connectivity index (χ0) is 11.2. The third-order valence-corrected chi connectivity index (χ3v) is 1.63. The van der Waals surface area contributed by atoms with E-state index >= 15 is 0 Å². The van der Waals surface area contributed by atoms with E-state index in [1.54, 1.807) is 6.92 Å². The van der Waals surface area contributed by atoms with E-state index in [1.165, 1.54) is 13.8 Å². The first kappa shape index (κ1) is 12.4. The lowest BCUT2D eigenvalue weighted by molar-refractivity contribution is -0.129. The maximum absolute atomic E-state index is 11.3. The molecule has 0 saturated heterocycles. The molecular weight excluding hydrogens is 182 g/mol. The fourth-order valence-corrected chi connectivity index (χ4v) is 0.692. The molecule has 0 radical (unpaired) electrons. The van der Waals surface area contributed by atoms with Gasteiger partial charge in [-0.3, -0.25) is 9.59 Å². The maximum Gasteiger partial charge on any atom is 0.240 e. The highest BCUT2D eigenvalue weighted by Gasteiger charge is 2.27. The summed E-state index contributed by atoms with van der Waals surface area (Å²) in [5.74, 6) is -0.694. The SMILES string of the molecule is CCNC(=O)CNC(=O)C(C)(C)C#N. The molecule has 0 aliphatic rings. The normalized spacial score (nSPS) is 10.1. The number of amides is 2. The largest absolute Gasteiger partial charge is 0.355 e. The Balaban J connectivity index is 3.99. The van der Waals surface area contributed by atoms with Crippen molar-refractivity contribution in [3.63, 3.8) is 0 Å². The summed E-state index contributed by atoms with van der Waals surface area (Å²) >= 11 is 0. The first-order chi connectivity index (χ1) is 6.44. The summed E-state index contributed by atoms with van der Waals surface area (Å²) in [6.45, 7) is 5.23. The van der Waals surface area contributed by atoms with Crippen LogP contribution in [0.15, 0.2) is 0 Å². The predicted octanol–water partition coefficient (Wildman–Crippen LogP) is -0.212. The fourth-order valence-electron chi connectivity index (χ4n) is 0.692. The Labute approximate surface area is 83.5 Å². The lowest BCUT2D eigenvalue weighted by Crippen LogP contribution is -2.42. The quantitative estimate of drug-likeness (QED) is 0.654. The molecule has 78 valence electrons. The highest BCUT2D eigenvalue weighted by Crippen LogP contribution is 2.11. The first-order valence-corrected chi connectivity index (χ1v) is 4.40. The molecule has 5 heteroatoms. The van der Waals surface area contributed by atoms with E-state index in [0.717, 1.165) is 0 Å². The molecule has 2 N–H and O–H groups in total. The minimum Gasteiger partial charge on any atom is -0.355 e.